The third-order valence-electron chi connectivity index (χ3n) is 3.34. The van der Waals surface area contributed by atoms with E-state index in [9.17, 15) is 4.79 Å². The van der Waals surface area contributed by atoms with Crippen molar-refractivity contribution in [3.63, 3.8) is 0 Å². The number of hydrogen-bond acceptors (Lipinski definition) is 3. The molecule has 0 aliphatic carbocycles. The average Bonchev–Trinajstić information content (AvgIpc) is 2.96. The summed E-state index contributed by atoms with van der Waals surface area (Å²) in [6.45, 7) is 5.54. The molecular weight excluding hydrogens is 286 g/mol. The fourth-order valence-corrected chi connectivity index (χ4v) is 2.32. The Morgan fingerprint density at radius 2 is 1.74 bits per heavy atom. The summed E-state index contributed by atoms with van der Waals surface area (Å²) in [5.41, 5.74) is 3.24. The number of carbonyl (C=O) groups is 1. The summed E-state index contributed by atoms with van der Waals surface area (Å²) in [6, 6.07) is 17.0. The van der Waals surface area contributed by atoms with Gasteiger partial charge in [-0.3, -0.25) is 9.36 Å². The fourth-order valence-electron chi connectivity index (χ4n) is 2.32. The van der Waals surface area contributed by atoms with Crippen molar-refractivity contribution in [1.29, 1.82) is 5.26 Å². The zero-order valence-corrected chi connectivity index (χ0v) is 13.5. The zero-order valence-electron chi connectivity index (χ0n) is 13.5. The van der Waals surface area contributed by atoms with Crippen LogP contribution in [0.3, 0.4) is 0 Å². The van der Waals surface area contributed by atoms with Gasteiger partial charge in [0.2, 0.25) is 5.91 Å². The fraction of sp³-hybridized carbons (Fsp3) is 0.158. The maximum atomic E-state index is 11.7. The van der Waals surface area contributed by atoms with E-state index in [1.165, 1.54) is 6.92 Å². The van der Waals surface area contributed by atoms with Crippen LogP contribution in [0.5, 0.6) is 0 Å². The van der Waals surface area contributed by atoms with E-state index in [0.717, 1.165) is 22.3 Å². The molecule has 3 rings (SSSR count). The molecule has 0 fully saturated rings. The number of nitrogens with zero attached hydrogens (tertiary/aromatic N) is 2. The van der Waals surface area contributed by atoms with Gasteiger partial charge in [-0.05, 0) is 30.3 Å². The quantitative estimate of drug-likeness (QED) is 0.729. The number of nitrogens with one attached hydrogen (secondary N) is 1. The van der Waals surface area contributed by atoms with Crippen molar-refractivity contribution < 1.29 is 4.79 Å². The largest absolute Gasteiger partial charge is 0.354 e. The van der Waals surface area contributed by atoms with Gasteiger partial charge in [-0.2, -0.15) is 5.26 Å². The smallest absolute Gasteiger partial charge is 0.228 e. The minimum absolute atomic E-state index is 0.0286. The monoisotopic (exact) mass is 305 g/mol. The number of anilines is 2. The van der Waals surface area contributed by atoms with Crippen LogP contribution >= 0.6 is 0 Å². The van der Waals surface area contributed by atoms with Crippen LogP contribution in [0.2, 0.25) is 0 Å². The van der Waals surface area contributed by atoms with Gasteiger partial charge < -0.3 is 5.32 Å². The number of carbonyl (C=O) groups excluding carboxylic acids is 1. The normalized spacial score (nSPS) is 9.65. The summed E-state index contributed by atoms with van der Waals surface area (Å²) in [5, 5.41) is 13.1. The molecule has 4 heteroatoms. The van der Waals surface area contributed by atoms with E-state index in [1.807, 2.05) is 50.2 Å². The maximum Gasteiger partial charge on any atom is 0.228 e. The van der Waals surface area contributed by atoms with Crippen LogP contribution in [0.1, 0.15) is 31.1 Å². The van der Waals surface area contributed by atoms with Crippen LogP contribution in [0, 0.1) is 11.3 Å². The molecule has 0 spiro atoms. The van der Waals surface area contributed by atoms with E-state index in [2.05, 4.69) is 11.4 Å². The van der Waals surface area contributed by atoms with Gasteiger partial charge in [0, 0.05) is 24.2 Å². The van der Waals surface area contributed by atoms with Crippen LogP contribution in [-0.2, 0) is 0 Å². The lowest BCUT2D eigenvalue weighted by atomic mass is 10.2. The Balaban J connectivity index is 0.000000924. The van der Waals surface area contributed by atoms with Gasteiger partial charge in [0.15, 0.2) is 0 Å². The number of para-hydroxylation sites is 1. The van der Waals surface area contributed by atoms with Crippen molar-refractivity contribution in [3.8, 4) is 6.07 Å². The third kappa shape index (κ3) is 3.41. The number of rotatable bonds is 2. The number of hydrogen-bond donors (Lipinski definition) is 1. The van der Waals surface area contributed by atoms with Crippen LogP contribution in [0.25, 0.3) is 10.9 Å². The summed E-state index contributed by atoms with van der Waals surface area (Å²) < 4.78 is 1.63. The lowest BCUT2D eigenvalue weighted by molar-refractivity contribution is 0.0942. The second-order valence-electron chi connectivity index (χ2n) is 4.76. The highest BCUT2D eigenvalue weighted by Gasteiger charge is 2.10. The first kappa shape index (κ1) is 16.3. The Morgan fingerprint density at radius 3 is 2.35 bits per heavy atom. The molecule has 1 N–H and O–H groups in total. The van der Waals surface area contributed by atoms with Crippen molar-refractivity contribution in [2.45, 2.75) is 20.8 Å². The van der Waals surface area contributed by atoms with Crippen molar-refractivity contribution in [2.24, 2.45) is 0 Å². The Bertz CT molecular complexity index is 854. The van der Waals surface area contributed by atoms with E-state index in [4.69, 9.17) is 5.26 Å². The average molecular weight is 305 g/mol. The van der Waals surface area contributed by atoms with Gasteiger partial charge in [-0.25, -0.2) is 0 Å². The lowest BCUT2D eigenvalue weighted by Gasteiger charge is -2.04. The first-order valence-electron chi connectivity index (χ1n) is 7.57. The van der Waals surface area contributed by atoms with Gasteiger partial charge >= 0.3 is 0 Å². The molecule has 2 aromatic carbocycles. The number of aromatic nitrogens is 1. The Kier molecular flexibility index (Phi) is 5.16. The molecule has 0 amide bonds. The zero-order chi connectivity index (χ0) is 16.8. The maximum absolute atomic E-state index is 11.7. The van der Waals surface area contributed by atoms with Crippen molar-refractivity contribution >= 4 is 28.2 Å². The van der Waals surface area contributed by atoms with Gasteiger partial charge in [0.1, 0.15) is 0 Å². The second kappa shape index (κ2) is 7.28. The highest BCUT2D eigenvalue weighted by Crippen LogP contribution is 2.28. The lowest BCUT2D eigenvalue weighted by Crippen LogP contribution is -2.02. The van der Waals surface area contributed by atoms with E-state index >= 15 is 0 Å². The summed E-state index contributed by atoms with van der Waals surface area (Å²) in [6.07, 6.45) is 1.80. The van der Waals surface area contributed by atoms with Crippen molar-refractivity contribution in [1.82, 2.24) is 4.57 Å². The first-order valence-corrected chi connectivity index (χ1v) is 7.57. The molecule has 3 aromatic rings. The molecule has 0 saturated carbocycles. The Labute approximate surface area is 136 Å². The van der Waals surface area contributed by atoms with E-state index < -0.39 is 0 Å². The minimum Gasteiger partial charge on any atom is -0.354 e. The van der Waals surface area contributed by atoms with E-state index in [-0.39, 0.29) is 5.91 Å². The predicted molar refractivity (Wildman–Crippen MR) is 94.0 cm³/mol. The molecule has 0 aliphatic rings. The molecule has 23 heavy (non-hydrogen) atoms. The van der Waals surface area contributed by atoms with E-state index in [1.54, 1.807) is 22.9 Å². The Morgan fingerprint density at radius 1 is 1.09 bits per heavy atom. The molecule has 0 unspecified atom stereocenters. The van der Waals surface area contributed by atoms with Gasteiger partial charge in [0.25, 0.3) is 0 Å². The molecule has 1 heterocycles. The topological polar surface area (TPSA) is 57.8 Å². The molecule has 0 aliphatic heterocycles. The number of nitriles is 1. The summed E-state index contributed by atoms with van der Waals surface area (Å²) in [5.74, 6) is -0.0286. The van der Waals surface area contributed by atoms with Crippen LogP contribution in [0.4, 0.5) is 11.4 Å². The van der Waals surface area contributed by atoms with Gasteiger partial charge in [0.05, 0.1) is 22.8 Å². The standard InChI is InChI=1S/C17H13N3O.C2H6/c1-12(21)20-11-16(15-4-2-3-5-17(15)20)19-14-8-6-13(10-18)7-9-14;1-2/h2-9,11,19H,1H3;1-2H3. The van der Waals surface area contributed by atoms with E-state index in [0.29, 0.717) is 5.56 Å². The van der Waals surface area contributed by atoms with Crippen LogP contribution in [-0.4, -0.2) is 10.5 Å². The highest BCUT2D eigenvalue weighted by atomic mass is 16.1. The Hall–Kier alpha value is -3.06. The van der Waals surface area contributed by atoms with Gasteiger partial charge in [-0.15, -0.1) is 0 Å². The number of benzene rings is 2. The SMILES string of the molecule is CC.CC(=O)n1cc(Nc2ccc(C#N)cc2)c2ccccc21. The predicted octanol–water partition coefficient (Wildman–Crippen LogP) is 4.94. The van der Waals surface area contributed by atoms with Crippen molar-refractivity contribution in [2.75, 3.05) is 5.32 Å². The molecule has 1 aromatic heterocycles. The number of fused-ring (bicyclic) bond motifs is 1. The molecule has 116 valence electrons. The molecule has 4 nitrogen and oxygen atoms in total. The summed E-state index contributed by atoms with van der Waals surface area (Å²) in [4.78, 5) is 11.7. The van der Waals surface area contributed by atoms with Crippen LogP contribution in [0.15, 0.2) is 54.7 Å². The molecule has 0 saturated heterocycles. The summed E-state index contributed by atoms with van der Waals surface area (Å²) >= 11 is 0. The summed E-state index contributed by atoms with van der Waals surface area (Å²) in [7, 11) is 0. The van der Waals surface area contributed by atoms with Crippen molar-refractivity contribution in [3.05, 3.63) is 60.3 Å². The molecule has 0 atom stereocenters. The molecule has 0 bridgehead atoms. The first-order chi connectivity index (χ1) is 11.2. The second-order valence-corrected chi connectivity index (χ2v) is 4.76. The highest BCUT2D eigenvalue weighted by molar-refractivity contribution is 6.00. The minimum atomic E-state index is -0.0286. The molecule has 0 radical (unpaired) electrons. The van der Waals surface area contributed by atoms with Gasteiger partial charge in [-0.1, -0.05) is 32.0 Å². The third-order valence-corrected chi connectivity index (χ3v) is 3.34. The molecular formula is C19H19N3O. The van der Waals surface area contributed by atoms with Crippen LogP contribution < -0.4 is 5.32 Å².